The molecule has 4 heteroatoms. The van der Waals surface area contributed by atoms with E-state index >= 15 is 0 Å². The highest BCUT2D eigenvalue weighted by Crippen LogP contribution is 2.12. The molecule has 0 saturated heterocycles. The van der Waals surface area contributed by atoms with Crippen LogP contribution in [0.3, 0.4) is 0 Å². The summed E-state index contributed by atoms with van der Waals surface area (Å²) >= 11 is 0. The molecule has 0 unspecified atom stereocenters. The van der Waals surface area contributed by atoms with Gasteiger partial charge in [-0.1, -0.05) is 20.4 Å². The van der Waals surface area contributed by atoms with E-state index in [-0.39, 0.29) is 11.8 Å². The number of nitrogens with one attached hydrogen (secondary N) is 1. The second kappa shape index (κ2) is 6.42. The van der Waals surface area contributed by atoms with Crippen molar-refractivity contribution in [2.45, 2.75) is 52.7 Å². The van der Waals surface area contributed by atoms with E-state index in [9.17, 15) is 9.59 Å². The van der Waals surface area contributed by atoms with Gasteiger partial charge in [0, 0.05) is 0 Å². The molecule has 1 N–H and O–H groups in total. The van der Waals surface area contributed by atoms with Crippen LogP contribution in [-0.2, 0) is 14.3 Å². The average molecular weight is 241 g/mol. The number of hydrogen-bond donors (Lipinski definition) is 1. The third-order valence-corrected chi connectivity index (χ3v) is 1.90. The van der Waals surface area contributed by atoms with Crippen molar-refractivity contribution in [3.8, 4) is 0 Å². The standard InChI is InChI=1S/C13H23NO3/c1-7-11(15)14-10(8-9(2)3)12(16)17-13(4,5)6/h7,9-10H,1,8H2,2-6H3,(H,14,15)/t10-/m0/s1. The van der Waals surface area contributed by atoms with Gasteiger partial charge in [0.15, 0.2) is 0 Å². The fourth-order valence-corrected chi connectivity index (χ4v) is 1.29. The Bertz CT molecular complexity index is 290. The van der Waals surface area contributed by atoms with E-state index in [0.717, 1.165) is 6.08 Å². The number of esters is 1. The van der Waals surface area contributed by atoms with Gasteiger partial charge in [-0.15, -0.1) is 0 Å². The molecular formula is C13H23NO3. The lowest BCUT2D eigenvalue weighted by Gasteiger charge is -2.25. The number of rotatable bonds is 5. The van der Waals surface area contributed by atoms with Crippen LogP contribution in [0.25, 0.3) is 0 Å². The smallest absolute Gasteiger partial charge is 0.329 e. The van der Waals surface area contributed by atoms with Gasteiger partial charge in [0.05, 0.1) is 0 Å². The van der Waals surface area contributed by atoms with Gasteiger partial charge in [-0.2, -0.15) is 0 Å². The second-order valence-corrected chi connectivity index (χ2v) is 5.43. The largest absolute Gasteiger partial charge is 0.458 e. The lowest BCUT2D eigenvalue weighted by molar-refractivity contribution is -0.158. The Kier molecular flexibility index (Phi) is 5.93. The molecule has 0 aliphatic carbocycles. The van der Waals surface area contributed by atoms with Crippen LogP contribution in [0.1, 0.15) is 41.0 Å². The highest BCUT2D eigenvalue weighted by atomic mass is 16.6. The topological polar surface area (TPSA) is 55.4 Å². The highest BCUT2D eigenvalue weighted by Gasteiger charge is 2.26. The van der Waals surface area contributed by atoms with Crippen molar-refractivity contribution in [2.24, 2.45) is 5.92 Å². The van der Waals surface area contributed by atoms with Gasteiger partial charge < -0.3 is 10.1 Å². The van der Waals surface area contributed by atoms with Crippen molar-refractivity contribution in [3.05, 3.63) is 12.7 Å². The maximum Gasteiger partial charge on any atom is 0.329 e. The monoisotopic (exact) mass is 241 g/mol. The number of hydrogen-bond acceptors (Lipinski definition) is 3. The fraction of sp³-hybridized carbons (Fsp3) is 0.692. The van der Waals surface area contributed by atoms with Crippen LogP contribution in [0.5, 0.6) is 0 Å². The average Bonchev–Trinajstić information content (AvgIpc) is 2.13. The molecule has 0 fully saturated rings. The molecule has 0 aromatic heterocycles. The first-order chi connectivity index (χ1) is 7.65. The predicted molar refractivity (Wildman–Crippen MR) is 67.4 cm³/mol. The van der Waals surface area contributed by atoms with E-state index < -0.39 is 17.6 Å². The van der Waals surface area contributed by atoms with Gasteiger partial charge in [-0.25, -0.2) is 4.79 Å². The third-order valence-electron chi connectivity index (χ3n) is 1.90. The summed E-state index contributed by atoms with van der Waals surface area (Å²) < 4.78 is 5.26. The zero-order valence-corrected chi connectivity index (χ0v) is 11.4. The molecule has 1 amide bonds. The van der Waals surface area contributed by atoms with E-state index in [1.807, 2.05) is 13.8 Å². The van der Waals surface area contributed by atoms with Crippen LogP contribution in [0.2, 0.25) is 0 Å². The summed E-state index contributed by atoms with van der Waals surface area (Å²) in [5, 5.41) is 2.59. The highest BCUT2D eigenvalue weighted by molar-refractivity contribution is 5.91. The van der Waals surface area contributed by atoms with Gasteiger partial charge >= 0.3 is 5.97 Å². The number of carbonyl (C=O) groups excluding carboxylic acids is 2. The summed E-state index contributed by atoms with van der Waals surface area (Å²) in [6.45, 7) is 12.7. The molecule has 0 spiro atoms. The minimum atomic E-state index is -0.611. The minimum absolute atomic E-state index is 0.289. The maximum atomic E-state index is 11.9. The van der Waals surface area contributed by atoms with E-state index in [1.54, 1.807) is 20.8 Å². The molecule has 0 radical (unpaired) electrons. The first-order valence-electron chi connectivity index (χ1n) is 5.81. The Morgan fingerprint density at radius 3 is 2.24 bits per heavy atom. The second-order valence-electron chi connectivity index (χ2n) is 5.43. The molecule has 0 aliphatic heterocycles. The molecule has 1 atom stereocenters. The van der Waals surface area contributed by atoms with E-state index in [0.29, 0.717) is 6.42 Å². The van der Waals surface area contributed by atoms with Crippen molar-refractivity contribution >= 4 is 11.9 Å². The number of amides is 1. The van der Waals surface area contributed by atoms with Gasteiger partial charge in [0.25, 0.3) is 0 Å². The summed E-state index contributed by atoms with van der Waals surface area (Å²) in [6.07, 6.45) is 1.70. The summed E-state index contributed by atoms with van der Waals surface area (Å²) in [5.41, 5.74) is -0.550. The zero-order chi connectivity index (χ0) is 13.6. The first-order valence-corrected chi connectivity index (χ1v) is 5.81. The van der Waals surface area contributed by atoms with Crippen molar-refractivity contribution in [2.75, 3.05) is 0 Å². The molecule has 0 bridgehead atoms. The molecule has 0 aromatic carbocycles. The van der Waals surface area contributed by atoms with Crippen LogP contribution in [0, 0.1) is 5.92 Å². The first kappa shape index (κ1) is 15.7. The van der Waals surface area contributed by atoms with Crippen LogP contribution >= 0.6 is 0 Å². The predicted octanol–water partition coefficient (Wildman–Crippen LogP) is 2.04. The molecule has 98 valence electrons. The Balaban J connectivity index is 4.61. The summed E-state index contributed by atoms with van der Waals surface area (Å²) in [6, 6.07) is -0.611. The van der Waals surface area contributed by atoms with E-state index in [2.05, 4.69) is 11.9 Å². The van der Waals surface area contributed by atoms with Crippen LogP contribution in [0.15, 0.2) is 12.7 Å². The normalized spacial score (nSPS) is 13.1. The molecule has 17 heavy (non-hydrogen) atoms. The number of ether oxygens (including phenoxy) is 1. The van der Waals surface area contributed by atoms with Gasteiger partial charge in [0.1, 0.15) is 11.6 Å². The van der Waals surface area contributed by atoms with Crippen molar-refractivity contribution in [1.82, 2.24) is 5.32 Å². The Morgan fingerprint density at radius 2 is 1.88 bits per heavy atom. The van der Waals surface area contributed by atoms with E-state index in [4.69, 9.17) is 4.74 Å². The lowest BCUT2D eigenvalue weighted by Crippen LogP contribution is -2.44. The number of carbonyl (C=O) groups is 2. The van der Waals surface area contributed by atoms with Crippen molar-refractivity contribution in [1.29, 1.82) is 0 Å². The zero-order valence-electron chi connectivity index (χ0n) is 11.4. The Morgan fingerprint density at radius 1 is 1.35 bits per heavy atom. The molecule has 0 aliphatic rings. The van der Waals surface area contributed by atoms with Crippen molar-refractivity contribution < 1.29 is 14.3 Å². The van der Waals surface area contributed by atoms with Crippen LogP contribution in [-0.4, -0.2) is 23.5 Å². The van der Waals surface area contributed by atoms with E-state index in [1.165, 1.54) is 0 Å². The molecule has 0 heterocycles. The van der Waals surface area contributed by atoms with Gasteiger partial charge in [-0.05, 0) is 39.2 Å². The van der Waals surface area contributed by atoms with Gasteiger partial charge in [-0.3, -0.25) is 4.79 Å². The molecule has 0 rings (SSSR count). The fourth-order valence-electron chi connectivity index (χ4n) is 1.29. The van der Waals surface area contributed by atoms with Crippen LogP contribution < -0.4 is 5.32 Å². The Labute approximate surface area is 103 Å². The summed E-state index contributed by atoms with van der Waals surface area (Å²) in [5.74, 6) is -0.472. The minimum Gasteiger partial charge on any atom is -0.458 e. The summed E-state index contributed by atoms with van der Waals surface area (Å²) in [7, 11) is 0. The molecule has 0 aromatic rings. The maximum absolute atomic E-state index is 11.9. The molecule has 4 nitrogen and oxygen atoms in total. The Hall–Kier alpha value is -1.32. The summed E-state index contributed by atoms with van der Waals surface area (Å²) in [4.78, 5) is 23.1. The quantitative estimate of drug-likeness (QED) is 0.592. The molecule has 0 saturated carbocycles. The van der Waals surface area contributed by atoms with Crippen molar-refractivity contribution in [3.63, 3.8) is 0 Å². The van der Waals surface area contributed by atoms with Gasteiger partial charge in [0.2, 0.25) is 5.91 Å². The van der Waals surface area contributed by atoms with Crippen LogP contribution in [0.4, 0.5) is 0 Å². The lowest BCUT2D eigenvalue weighted by atomic mass is 10.0. The SMILES string of the molecule is C=CC(=O)N[C@@H](CC(C)C)C(=O)OC(C)(C)C. The third kappa shape index (κ3) is 7.55. The molecular weight excluding hydrogens is 218 g/mol.